The molecule has 0 aliphatic carbocycles. The molecule has 1 N–H and O–H groups in total. The van der Waals surface area contributed by atoms with Crippen LogP contribution in [0.4, 0.5) is 0 Å². The van der Waals surface area contributed by atoms with Gasteiger partial charge >= 0.3 is 0 Å². The van der Waals surface area contributed by atoms with Crippen molar-refractivity contribution in [1.82, 2.24) is 5.32 Å². The minimum Gasteiger partial charge on any atom is -0.388 e. The van der Waals surface area contributed by atoms with Crippen molar-refractivity contribution in [2.45, 2.75) is 53.4 Å². The summed E-state index contributed by atoms with van der Waals surface area (Å²) >= 11 is 0. The predicted octanol–water partition coefficient (Wildman–Crippen LogP) is 3.10. The number of allylic oxidation sites excluding steroid dienone is 1. The highest BCUT2D eigenvalue weighted by Crippen LogP contribution is 2.29. The van der Waals surface area contributed by atoms with Crippen LogP contribution in [0.1, 0.15) is 53.4 Å². The molecular weight excluding hydrogens is 226 g/mol. The molecule has 3 heteroatoms. The van der Waals surface area contributed by atoms with Gasteiger partial charge in [-0.05, 0) is 24.7 Å². The van der Waals surface area contributed by atoms with Gasteiger partial charge in [0.25, 0.3) is 0 Å². The lowest BCUT2D eigenvalue weighted by Crippen LogP contribution is -2.30. The van der Waals surface area contributed by atoms with E-state index in [1.165, 1.54) is 0 Å². The van der Waals surface area contributed by atoms with Crippen LogP contribution in [0.3, 0.4) is 0 Å². The summed E-state index contributed by atoms with van der Waals surface area (Å²) in [5.74, 6) is 0. The number of aldehydes is 2. The van der Waals surface area contributed by atoms with Gasteiger partial charge in [-0.1, -0.05) is 34.3 Å². The predicted molar refractivity (Wildman–Crippen MR) is 75.3 cm³/mol. The first-order chi connectivity index (χ1) is 8.22. The Balaban J connectivity index is 4.03. The van der Waals surface area contributed by atoms with Gasteiger partial charge in [-0.3, -0.25) is 0 Å². The molecule has 0 aromatic heterocycles. The summed E-state index contributed by atoms with van der Waals surface area (Å²) in [5, 5.41) is 3.27. The molecule has 18 heavy (non-hydrogen) atoms. The van der Waals surface area contributed by atoms with Gasteiger partial charge in [-0.25, -0.2) is 0 Å². The van der Waals surface area contributed by atoms with Crippen molar-refractivity contribution < 1.29 is 9.59 Å². The van der Waals surface area contributed by atoms with Crippen molar-refractivity contribution in [2.24, 2.45) is 10.8 Å². The summed E-state index contributed by atoms with van der Waals surface area (Å²) in [6, 6.07) is 0. The van der Waals surface area contributed by atoms with E-state index in [1.807, 2.05) is 13.8 Å². The Morgan fingerprint density at radius 1 is 1.17 bits per heavy atom. The number of carbonyl (C=O) groups excluding carboxylic acids is 2. The Labute approximate surface area is 111 Å². The SMILES string of the molecule is C=C(CCC=O)NCC(C)(C)CCC(C)(C)C=O. The van der Waals surface area contributed by atoms with E-state index in [1.54, 1.807) is 0 Å². The van der Waals surface area contributed by atoms with Crippen molar-refractivity contribution in [3.05, 3.63) is 12.3 Å². The number of rotatable bonds is 10. The van der Waals surface area contributed by atoms with E-state index in [9.17, 15) is 9.59 Å². The van der Waals surface area contributed by atoms with E-state index in [0.717, 1.165) is 37.7 Å². The maximum atomic E-state index is 10.9. The summed E-state index contributed by atoms with van der Waals surface area (Å²) in [4.78, 5) is 21.1. The lowest BCUT2D eigenvalue weighted by Gasteiger charge is -2.29. The Bertz CT molecular complexity index is 293. The first-order valence-electron chi connectivity index (χ1n) is 6.54. The third-order valence-corrected chi connectivity index (χ3v) is 3.15. The fourth-order valence-electron chi connectivity index (χ4n) is 1.49. The Hall–Kier alpha value is -1.12. The number of hydrogen-bond donors (Lipinski definition) is 1. The molecule has 0 amide bonds. The van der Waals surface area contributed by atoms with Crippen LogP contribution in [0.15, 0.2) is 12.3 Å². The molecule has 0 unspecified atom stereocenters. The van der Waals surface area contributed by atoms with Crippen LogP contribution in [-0.4, -0.2) is 19.1 Å². The summed E-state index contributed by atoms with van der Waals surface area (Å²) in [6.45, 7) is 13.0. The molecule has 0 aromatic carbocycles. The first-order valence-corrected chi connectivity index (χ1v) is 6.54. The highest BCUT2D eigenvalue weighted by atomic mass is 16.1. The van der Waals surface area contributed by atoms with Gasteiger partial charge in [0.1, 0.15) is 12.6 Å². The largest absolute Gasteiger partial charge is 0.388 e. The Kier molecular flexibility index (Phi) is 6.89. The molecule has 0 heterocycles. The third-order valence-electron chi connectivity index (χ3n) is 3.15. The van der Waals surface area contributed by atoms with Crippen LogP contribution in [0, 0.1) is 10.8 Å². The highest BCUT2D eigenvalue weighted by Gasteiger charge is 2.23. The normalized spacial score (nSPS) is 12.0. The minimum absolute atomic E-state index is 0.115. The van der Waals surface area contributed by atoms with Crippen molar-refractivity contribution in [1.29, 1.82) is 0 Å². The van der Waals surface area contributed by atoms with E-state index in [2.05, 4.69) is 25.7 Å². The lowest BCUT2D eigenvalue weighted by atomic mass is 9.79. The second kappa shape index (κ2) is 7.34. The van der Waals surface area contributed by atoms with Gasteiger partial charge in [0.2, 0.25) is 0 Å². The van der Waals surface area contributed by atoms with Gasteiger partial charge in [-0.15, -0.1) is 0 Å². The lowest BCUT2D eigenvalue weighted by molar-refractivity contribution is -0.115. The average molecular weight is 253 g/mol. The molecule has 0 aromatic rings. The number of nitrogens with one attached hydrogen (secondary N) is 1. The molecule has 0 fully saturated rings. The van der Waals surface area contributed by atoms with E-state index in [4.69, 9.17) is 0 Å². The molecule has 0 saturated carbocycles. The second-order valence-corrected chi connectivity index (χ2v) is 6.43. The zero-order chi connectivity index (χ0) is 14.2. The zero-order valence-electron chi connectivity index (χ0n) is 12.2. The van der Waals surface area contributed by atoms with Crippen molar-refractivity contribution in [3.8, 4) is 0 Å². The van der Waals surface area contributed by atoms with Crippen LogP contribution in [0.2, 0.25) is 0 Å². The molecule has 0 bridgehead atoms. The van der Waals surface area contributed by atoms with Crippen molar-refractivity contribution in [2.75, 3.05) is 6.54 Å². The molecule has 0 saturated heterocycles. The van der Waals surface area contributed by atoms with E-state index >= 15 is 0 Å². The fourth-order valence-corrected chi connectivity index (χ4v) is 1.49. The molecule has 0 spiro atoms. The highest BCUT2D eigenvalue weighted by molar-refractivity contribution is 5.57. The van der Waals surface area contributed by atoms with Crippen molar-refractivity contribution >= 4 is 12.6 Å². The zero-order valence-corrected chi connectivity index (χ0v) is 12.2. The average Bonchev–Trinajstić information content (AvgIpc) is 2.32. The van der Waals surface area contributed by atoms with E-state index in [0.29, 0.717) is 12.8 Å². The van der Waals surface area contributed by atoms with Crippen LogP contribution in [0.5, 0.6) is 0 Å². The number of carbonyl (C=O) groups is 2. The molecule has 104 valence electrons. The summed E-state index contributed by atoms with van der Waals surface area (Å²) in [6.07, 6.45) is 5.01. The van der Waals surface area contributed by atoms with Gasteiger partial charge < -0.3 is 14.9 Å². The Morgan fingerprint density at radius 3 is 2.28 bits per heavy atom. The maximum absolute atomic E-state index is 10.9. The molecule has 0 aliphatic heterocycles. The monoisotopic (exact) mass is 253 g/mol. The van der Waals surface area contributed by atoms with Gasteiger partial charge in [0.05, 0.1) is 0 Å². The molecular formula is C15H27NO2. The van der Waals surface area contributed by atoms with Crippen LogP contribution < -0.4 is 5.32 Å². The Morgan fingerprint density at radius 2 is 1.78 bits per heavy atom. The van der Waals surface area contributed by atoms with Crippen molar-refractivity contribution in [3.63, 3.8) is 0 Å². The summed E-state index contributed by atoms with van der Waals surface area (Å²) < 4.78 is 0. The topological polar surface area (TPSA) is 46.2 Å². The first kappa shape index (κ1) is 16.9. The molecule has 0 radical (unpaired) electrons. The quantitative estimate of drug-likeness (QED) is 0.608. The van der Waals surface area contributed by atoms with Crippen LogP contribution in [-0.2, 0) is 9.59 Å². The summed E-state index contributed by atoms with van der Waals surface area (Å²) in [7, 11) is 0. The van der Waals surface area contributed by atoms with Crippen LogP contribution in [0.25, 0.3) is 0 Å². The fraction of sp³-hybridized carbons (Fsp3) is 0.733. The maximum Gasteiger partial charge on any atom is 0.125 e. The van der Waals surface area contributed by atoms with E-state index < -0.39 is 0 Å². The van der Waals surface area contributed by atoms with Crippen LogP contribution >= 0.6 is 0 Å². The third kappa shape index (κ3) is 8.04. The second-order valence-electron chi connectivity index (χ2n) is 6.43. The van der Waals surface area contributed by atoms with E-state index in [-0.39, 0.29) is 10.8 Å². The van der Waals surface area contributed by atoms with Gasteiger partial charge in [0.15, 0.2) is 0 Å². The van der Waals surface area contributed by atoms with Gasteiger partial charge in [-0.2, -0.15) is 0 Å². The smallest absolute Gasteiger partial charge is 0.125 e. The molecule has 0 atom stereocenters. The standard InChI is InChI=1S/C15H27NO2/c1-13(7-6-10-17)16-11-14(2,3)8-9-15(4,5)12-18/h10,12,16H,1,6-9,11H2,2-5H3. The minimum atomic E-state index is -0.244. The molecule has 3 nitrogen and oxygen atoms in total. The van der Waals surface area contributed by atoms with Gasteiger partial charge in [0, 0.05) is 24.1 Å². The summed E-state index contributed by atoms with van der Waals surface area (Å²) in [5.41, 5.74) is 0.778. The number of hydrogen-bond acceptors (Lipinski definition) is 3. The molecule has 0 aliphatic rings. The molecule has 0 rings (SSSR count).